The Labute approximate surface area is 124 Å². The number of nitrogens with zero attached hydrogens (tertiary/aromatic N) is 2. The molecule has 3 N–H and O–H groups in total. The Morgan fingerprint density at radius 1 is 1.45 bits per heavy atom. The second-order valence-electron chi connectivity index (χ2n) is 4.21. The van der Waals surface area contributed by atoms with Crippen LogP contribution in [0, 0.1) is 12.7 Å². The third-order valence-corrected chi connectivity index (χ3v) is 4.63. The first-order valence-electron chi connectivity index (χ1n) is 5.48. The van der Waals surface area contributed by atoms with Crippen LogP contribution in [0.15, 0.2) is 27.7 Å². The van der Waals surface area contributed by atoms with Crippen LogP contribution in [0.25, 0.3) is 0 Å². The summed E-state index contributed by atoms with van der Waals surface area (Å²) in [6.45, 7) is 1.67. The van der Waals surface area contributed by atoms with E-state index in [1.807, 2.05) is 0 Å². The Morgan fingerprint density at radius 3 is 2.65 bits per heavy atom. The topological polar surface area (TPSA) is 90.0 Å². The standard InChI is InChI=1S/C11H12BrFN4O2S/c1-6-10(5-17(2)15-6)16-20(18,19)11-3-7(12)8(13)4-9(11)14/h3-5,16H,14H2,1-2H3. The lowest BCUT2D eigenvalue weighted by molar-refractivity contribution is 0.599. The molecule has 0 unspecified atom stereocenters. The third kappa shape index (κ3) is 2.78. The number of aromatic nitrogens is 2. The van der Waals surface area contributed by atoms with Gasteiger partial charge in [-0.2, -0.15) is 5.10 Å². The Kier molecular flexibility index (Phi) is 3.74. The molecule has 108 valence electrons. The van der Waals surface area contributed by atoms with E-state index < -0.39 is 15.8 Å². The first kappa shape index (κ1) is 14.8. The molecular formula is C11H12BrFN4O2S. The normalized spacial score (nSPS) is 11.6. The number of sulfonamides is 1. The van der Waals surface area contributed by atoms with E-state index >= 15 is 0 Å². The van der Waals surface area contributed by atoms with Crippen LogP contribution in [-0.2, 0) is 17.1 Å². The van der Waals surface area contributed by atoms with Gasteiger partial charge in [-0.3, -0.25) is 9.40 Å². The summed E-state index contributed by atoms with van der Waals surface area (Å²) in [6, 6.07) is 2.08. The van der Waals surface area contributed by atoms with Gasteiger partial charge in [0.05, 0.1) is 21.5 Å². The Bertz CT molecular complexity index is 773. The molecule has 0 radical (unpaired) electrons. The number of anilines is 2. The fourth-order valence-electron chi connectivity index (χ4n) is 1.68. The van der Waals surface area contributed by atoms with Crippen molar-refractivity contribution in [3.63, 3.8) is 0 Å². The lowest BCUT2D eigenvalue weighted by Crippen LogP contribution is -2.15. The number of hydrogen-bond acceptors (Lipinski definition) is 4. The highest BCUT2D eigenvalue weighted by molar-refractivity contribution is 9.10. The molecule has 1 aromatic heterocycles. The smallest absolute Gasteiger partial charge is 0.264 e. The van der Waals surface area contributed by atoms with Crippen LogP contribution in [0.3, 0.4) is 0 Å². The second kappa shape index (κ2) is 5.06. The van der Waals surface area contributed by atoms with E-state index in [0.29, 0.717) is 11.4 Å². The van der Waals surface area contributed by atoms with Crippen molar-refractivity contribution in [3.05, 3.63) is 34.3 Å². The summed E-state index contributed by atoms with van der Waals surface area (Å²) < 4.78 is 41.7. The number of benzene rings is 1. The average molecular weight is 363 g/mol. The average Bonchev–Trinajstić information content (AvgIpc) is 2.61. The van der Waals surface area contributed by atoms with Crippen LogP contribution in [0.5, 0.6) is 0 Å². The molecule has 1 aromatic carbocycles. The fraction of sp³-hybridized carbons (Fsp3) is 0.182. The molecule has 1 heterocycles. The van der Waals surface area contributed by atoms with Crippen LogP contribution < -0.4 is 10.5 Å². The molecule has 0 aliphatic heterocycles. The van der Waals surface area contributed by atoms with Gasteiger partial charge >= 0.3 is 0 Å². The van der Waals surface area contributed by atoms with Crippen LogP contribution in [0.1, 0.15) is 5.69 Å². The highest BCUT2D eigenvalue weighted by Crippen LogP contribution is 2.28. The van der Waals surface area contributed by atoms with Gasteiger partial charge in [-0.05, 0) is 35.0 Å². The molecule has 0 amide bonds. The molecule has 0 aliphatic carbocycles. The monoisotopic (exact) mass is 362 g/mol. The highest BCUT2D eigenvalue weighted by atomic mass is 79.9. The van der Waals surface area contributed by atoms with Crippen molar-refractivity contribution in [2.24, 2.45) is 7.05 Å². The van der Waals surface area contributed by atoms with Crippen molar-refractivity contribution < 1.29 is 12.8 Å². The van der Waals surface area contributed by atoms with Gasteiger partial charge in [0.1, 0.15) is 10.7 Å². The molecule has 0 saturated carbocycles. The van der Waals surface area contributed by atoms with E-state index in [9.17, 15) is 12.8 Å². The lowest BCUT2D eigenvalue weighted by atomic mass is 10.3. The van der Waals surface area contributed by atoms with Gasteiger partial charge in [0.2, 0.25) is 0 Å². The molecule has 6 nitrogen and oxygen atoms in total. The zero-order valence-electron chi connectivity index (χ0n) is 10.7. The molecule has 0 fully saturated rings. The van der Waals surface area contributed by atoms with E-state index in [-0.39, 0.29) is 15.1 Å². The lowest BCUT2D eigenvalue weighted by Gasteiger charge is -2.10. The second-order valence-corrected chi connectivity index (χ2v) is 6.72. The minimum atomic E-state index is -3.92. The predicted molar refractivity (Wildman–Crippen MR) is 77.3 cm³/mol. The molecule has 9 heteroatoms. The largest absolute Gasteiger partial charge is 0.398 e. The van der Waals surface area contributed by atoms with Crippen molar-refractivity contribution in [2.75, 3.05) is 10.5 Å². The predicted octanol–water partition coefficient (Wildman–Crippen LogP) is 2.01. The Morgan fingerprint density at radius 2 is 2.10 bits per heavy atom. The van der Waals surface area contributed by atoms with Gasteiger partial charge in [-0.25, -0.2) is 12.8 Å². The Hall–Kier alpha value is -1.61. The first-order chi connectivity index (χ1) is 9.20. The number of halogens is 2. The summed E-state index contributed by atoms with van der Waals surface area (Å²) in [5, 5.41) is 4.03. The molecule has 0 aliphatic rings. The van der Waals surface area contributed by atoms with Gasteiger partial charge in [-0.1, -0.05) is 0 Å². The maximum atomic E-state index is 13.3. The van der Waals surface area contributed by atoms with Crippen LogP contribution in [0.4, 0.5) is 15.8 Å². The molecule has 0 bridgehead atoms. The van der Waals surface area contributed by atoms with Crippen LogP contribution in [-0.4, -0.2) is 18.2 Å². The highest BCUT2D eigenvalue weighted by Gasteiger charge is 2.21. The SMILES string of the molecule is Cc1nn(C)cc1NS(=O)(=O)c1cc(Br)c(F)cc1N. The summed E-state index contributed by atoms with van der Waals surface area (Å²) in [5.74, 6) is -0.626. The summed E-state index contributed by atoms with van der Waals surface area (Å²) in [7, 11) is -2.24. The first-order valence-corrected chi connectivity index (χ1v) is 7.76. The molecule has 0 saturated heterocycles. The van der Waals surface area contributed by atoms with Gasteiger partial charge in [0, 0.05) is 13.2 Å². The molecule has 2 rings (SSSR count). The van der Waals surface area contributed by atoms with E-state index in [4.69, 9.17) is 5.73 Å². The van der Waals surface area contributed by atoms with Crippen molar-refractivity contribution in [2.45, 2.75) is 11.8 Å². The zero-order chi connectivity index (χ0) is 15.1. The van der Waals surface area contributed by atoms with E-state index in [0.717, 1.165) is 12.1 Å². The summed E-state index contributed by atoms with van der Waals surface area (Å²) in [4.78, 5) is -0.200. The molecular weight excluding hydrogens is 351 g/mol. The maximum Gasteiger partial charge on any atom is 0.264 e. The van der Waals surface area contributed by atoms with Crippen molar-refractivity contribution >= 4 is 37.3 Å². The number of hydrogen-bond donors (Lipinski definition) is 2. The molecule has 2 aromatic rings. The van der Waals surface area contributed by atoms with Gasteiger partial charge in [0.25, 0.3) is 10.0 Å². The van der Waals surface area contributed by atoms with E-state index in [1.165, 1.54) is 10.9 Å². The van der Waals surface area contributed by atoms with Crippen LogP contribution >= 0.6 is 15.9 Å². The maximum absolute atomic E-state index is 13.3. The minimum absolute atomic E-state index is 0.0231. The number of nitrogens with two attached hydrogens (primary N) is 1. The summed E-state index contributed by atoms with van der Waals surface area (Å²) >= 11 is 2.94. The van der Waals surface area contributed by atoms with Crippen molar-refractivity contribution in [1.82, 2.24) is 9.78 Å². The van der Waals surface area contributed by atoms with Gasteiger partial charge in [-0.15, -0.1) is 0 Å². The van der Waals surface area contributed by atoms with Crippen LogP contribution in [0.2, 0.25) is 0 Å². The minimum Gasteiger partial charge on any atom is -0.398 e. The third-order valence-electron chi connectivity index (χ3n) is 2.60. The Balaban J connectivity index is 2.46. The molecule has 0 atom stereocenters. The number of rotatable bonds is 3. The van der Waals surface area contributed by atoms with Gasteiger partial charge in [0.15, 0.2) is 0 Å². The number of aryl methyl sites for hydroxylation is 2. The number of nitrogens with one attached hydrogen (secondary N) is 1. The summed E-state index contributed by atoms with van der Waals surface area (Å²) in [6.07, 6.45) is 1.53. The van der Waals surface area contributed by atoms with Gasteiger partial charge < -0.3 is 5.73 Å². The van der Waals surface area contributed by atoms with E-state index in [2.05, 4.69) is 25.8 Å². The molecule has 20 heavy (non-hydrogen) atoms. The summed E-state index contributed by atoms with van der Waals surface area (Å²) in [5.41, 5.74) is 6.27. The zero-order valence-corrected chi connectivity index (χ0v) is 13.1. The van der Waals surface area contributed by atoms with E-state index in [1.54, 1.807) is 14.0 Å². The van der Waals surface area contributed by atoms with Crippen molar-refractivity contribution in [3.8, 4) is 0 Å². The number of nitrogen functional groups attached to an aromatic ring is 1. The van der Waals surface area contributed by atoms with Crippen molar-refractivity contribution in [1.29, 1.82) is 0 Å². The quantitative estimate of drug-likeness (QED) is 0.817. The fourth-order valence-corrected chi connectivity index (χ4v) is 3.41. The molecule has 0 spiro atoms.